The molecule has 18 heavy (non-hydrogen) atoms. The highest BCUT2D eigenvalue weighted by Gasteiger charge is 2.62. The summed E-state index contributed by atoms with van der Waals surface area (Å²) >= 11 is 0. The predicted molar refractivity (Wildman–Crippen MR) is 67.9 cm³/mol. The van der Waals surface area contributed by atoms with Crippen LogP contribution in [0.4, 0.5) is 0 Å². The van der Waals surface area contributed by atoms with Crippen LogP contribution in [-0.4, -0.2) is 36.1 Å². The third-order valence-corrected chi connectivity index (χ3v) is 4.54. The molecule has 100 valence electrons. The van der Waals surface area contributed by atoms with Gasteiger partial charge in [0.2, 0.25) is 0 Å². The minimum atomic E-state index is -0.445. The van der Waals surface area contributed by atoms with E-state index in [2.05, 4.69) is 11.8 Å². The van der Waals surface area contributed by atoms with Crippen LogP contribution in [0.3, 0.4) is 0 Å². The molecule has 0 aromatic rings. The fourth-order valence-electron chi connectivity index (χ4n) is 3.70. The van der Waals surface area contributed by atoms with Crippen LogP contribution in [0.15, 0.2) is 0 Å². The Morgan fingerprint density at radius 3 is 2.83 bits per heavy atom. The Bertz CT molecular complexity index is 379. The van der Waals surface area contributed by atoms with Gasteiger partial charge in [-0.15, -0.1) is 0 Å². The van der Waals surface area contributed by atoms with E-state index in [1.165, 1.54) is 12.8 Å². The first kappa shape index (κ1) is 12.5. The molecule has 0 radical (unpaired) electrons. The molecule has 3 heteroatoms. The van der Waals surface area contributed by atoms with E-state index in [1.54, 1.807) is 0 Å². The fraction of sp³-hybridized carbons (Fsp3) is 0.867. The summed E-state index contributed by atoms with van der Waals surface area (Å²) in [6, 6.07) is 0. The van der Waals surface area contributed by atoms with Gasteiger partial charge in [0.05, 0.1) is 25.4 Å². The average molecular weight is 250 g/mol. The van der Waals surface area contributed by atoms with Crippen LogP contribution in [0.1, 0.15) is 33.1 Å². The minimum Gasteiger partial charge on any atom is -0.394 e. The zero-order valence-corrected chi connectivity index (χ0v) is 11.2. The molecule has 2 aliphatic carbocycles. The maximum atomic E-state index is 8.75. The van der Waals surface area contributed by atoms with Gasteiger partial charge in [-0.2, -0.15) is 0 Å². The highest BCUT2D eigenvalue weighted by atomic mass is 16.6. The smallest absolute Gasteiger partial charge is 0.123 e. The Labute approximate surface area is 109 Å². The van der Waals surface area contributed by atoms with E-state index in [1.807, 2.05) is 13.8 Å². The van der Waals surface area contributed by atoms with Gasteiger partial charge in [0.1, 0.15) is 5.60 Å². The molecule has 2 saturated carbocycles. The molecule has 1 aliphatic heterocycles. The molecule has 0 aromatic heterocycles. The molecule has 1 N–H and O–H groups in total. The SMILES string of the molecule is CC(C)(C#CCC1CC2CC1C1OC21)OCCO. The highest BCUT2D eigenvalue weighted by molar-refractivity contribution is 5.16. The van der Waals surface area contributed by atoms with Crippen LogP contribution in [-0.2, 0) is 9.47 Å². The second kappa shape index (κ2) is 4.52. The maximum absolute atomic E-state index is 8.75. The number of epoxide rings is 1. The molecule has 1 saturated heterocycles. The summed E-state index contributed by atoms with van der Waals surface area (Å²) in [5.41, 5.74) is -0.445. The van der Waals surface area contributed by atoms with Crippen molar-refractivity contribution < 1.29 is 14.6 Å². The first-order valence-corrected chi connectivity index (χ1v) is 7.01. The lowest BCUT2D eigenvalue weighted by Crippen LogP contribution is -2.24. The standard InChI is InChI=1S/C15H22O3/c1-15(2,17-7-6-16)5-3-4-10-8-11-9-12(10)14-13(11)18-14/h10-14,16H,4,6-9H2,1-2H3. The molecule has 3 rings (SSSR count). The normalized spacial score (nSPS) is 40.3. The molecule has 3 aliphatic rings. The lowest BCUT2D eigenvalue weighted by molar-refractivity contribution is 0.00595. The van der Waals surface area contributed by atoms with Gasteiger partial charge in [-0.05, 0) is 44.4 Å². The predicted octanol–water partition coefficient (Wildman–Crippen LogP) is 1.59. The van der Waals surface area contributed by atoms with Gasteiger partial charge in [0.25, 0.3) is 0 Å². The second-order valence-electron chi connectivity index (χ2n) is 6.31. The van der Waals surface area contributed by atoms with Crippen LogP contribution in [0.5, 0.6) is 0 Å². The Hall–Kier alpha value is -0.560. The van der Waals surface area contributed by atoms with Crippen molar-refractivity contribution in [3.63, 3.8) is 0 Å². The number of aliphatic hydroxyl groups is 1. The van der Waals surface area contributed by atoms with Crippen molar-refractivity contribution in [2.24, 2.45) is 17.8 Å². The molecular formula is C15H22O3. The minimum absolute atomic E-state index is 0.0535. The zero-order chi connectivity index (χ0) is 12.8. The maximum Gasteiger partial charge on any atom is 0.123 e. The second-order valence-corrected chi connectivity index (χ2v) is 6.31. The van der Waals surface area contributed by atoms with E-state index >= 15 is 0 Å². The topological polar surface area (TPSA) is 42.0 Å². The number of hydrogen-bond acceptors (Lipinski definition) is 3. The summed E-state index contributed by atoms with van der Waals surface area (Å²) in [4.78, 5) is 0. The van der Waals surface area contributed by atoms with E-state index in [0.29, 0.717) is 18.8 Å². The van der Waals surface area contributed by atoms with Gasteiger partial charge in [0.15, 0.2) is 0 Å². The Balaban J connectivity index is 1.50. The third kappa shape index (κ3) is 2.30. The van der Waals surface area contributed by atoms with Crippen molar-refractivity contribution in [2.45, 2.75) is 50.9 Å². The lowest BCUT2D eigenvalue weighted by Gasteiger charge is -2.19. The van der Waals surface area contributed by atoms with Crippen LogP contribution in [0.25, 0.3) is 0 Å². The molecule has 3 fully saturated rings. The van der Waals surface area contributed by atoms with Gasteiger partial charge >= 0.3 is 0 Å². The van der Waals surface area contributed by atoms with Crippen molar-refractivity contribution in [3.05, 3.63) is 0 Å². The molecule has 5 unspecified atom stereocenters. The van der Waals surface area contributed by atoms with Crippen molar-refractivity contribution >= 4 is 0 Å². The van der Waals surface area contributed by atoms with Crippen molar-refractivity contribution in [2.75, 3.05) is 13.2 Å². The van der Waals surface area contributed by atoms with Crippen LogP contribution in [0, 0.1) is 29.6 Å². The number of ether oxygens (including phenoxy) is 2. The van der Waals surface area contributed by atoms with Gasteiger partial charge in [-0.3, -0.25) is 0 Å². The fourth-order valence-corrected chi connectivity index (χ4v) is 3.70. The summed E-state index contributed by atoms with van der Waals surface area (Å²) < 4.78 is 11.2. The van der Waals surface area contributed by atoms with Gasteiger partial charge < -0.3 is 14.6 Å². The number of aliphatic hydroxyl groups excluding tert-OH is 1. The van der Waals surface area contributed by atoms with Crippen molar-refractivity contribution in [1.82, 2.24) is 0 Å². The molecule has 3 nitrogen and oxygen atoms in total. The molecular weight excluding hydrogens is 228 g/mol. The molecule has 0 aromatic carbocycles. The molecule has 2 bridgehead atoms. The summed E-state index contributed by atoms with van der Waals surface area (Å²) in [5, 5.41) is 8.75. The molecule has 0 spiro atoms. The van der Waals surface area contributed by atoms with E-state index in [0.717, 1.165) is 24.2 Å². The Morgan fingerprint density at radius 2 is 2.17 bits per heavy atom. The van der Waals surface area contributed by atoms with Crippen molar-refractivity contribution in [1.29, 1.82) is 0 Å². The number of fused-ring (bicyclic) bond motifs is 5. The quantitative estimate of drug-likeness (QED) is 0.608. The van der Waals surface area contributed by atoms with Gasteiger partial charge in [0, 0.05) is 6.42 Å². The molecule has 1 heterocycles. The first-order valence-electron chi connectivity index (χ1n) is 7.01. The van der Waals surface area contributed by atoms with Crippen LogP contribution < -0.4 is 0 Å². The van der Waals surface area contributed by atoms with Crippen molar-refractivity contribution in [3.8, 4) is 11.8 Å². The highest BCUT2D eigenvalue weighted by Crippen LogP contribution is 2.59. The van der Waals surface area contributed by atoms with E-state index in [4.69, 9.17) is 14.6 Å². The summed E-state index contributed by atoms with van der Waals surface area (Å²) in [6.45, 7) is 4.32. The summed E-state index contributed by atoms with van der Waals surface area (Å²) in [5.74, 6) is 8.81. The molecule has 0 amide bonds. The Morgan fingerprint density at radius 1 is 1.33 bits per heavy atom. The van der Waals surface area contributed by atoms with E-state index in [9.17, 15) is 0 Å². The van der Waals surface area contributed by atoms with Crippen LogP contribution in [0.2, 0.25) is 0 Å². The van der Waals surface area contributed by atoms with E-state index < -0.39 is 5.60 Å². The Kier molecular flexibility index (Phi) is 3.13. The zero-order valence-electron chi connectivity index (χ0n) is 11.2. The average Bonchev–Trinajstić information content (AvgIpc) is 2.94. The van der Waals surface area contributed by atoms with Gasteiger partial charge in [-0.1, -0.05) is 11.8 Å². The molecule has 5 atom stereocenters. The third-order valence-electron chi connectivity index (χ3n) is 4.54. The number of hydrogen-bond donors (Lipinski definition) is 1. The summed E-state index contributed by atoms with van der Waals surface area (Å²) in [6.07, 6.45) is 4.84. The largest absolute Gasteiger partial charge is 0.394 e. The van der Waals surface area contributed by atoms with Crippen LogP contribution >= 0.6 is 0 Å². The lowest BCUT2D eigenvalue weighted by atomic mass is 9.86. The monoisotopic (exact) mass is 250 g/mol. The first-order chi connectivity index (χ1) is 8.61. The van der Waals surface area contributed by atoms with Gasteiger partial charge in [-0.25, -0.2) is 0 Å². The van der Waals surface area contributed by atoms with E-state index in [-0.39, 0.29) is 6.61 Å². The number of rotatable bonds is 4. The summed E-state index contributed by atoms with van der Waals surface area (Å²) in [7, 11) is 0.